The molecule has 1 aromatic carbocycles. The lowest BCUT2D eigenvalue weighted by Gasteiger charge is -2.07. The van der Waals surface area contributed by atoms with Gasteiger partial charge < -0.3 is 4.57 Å². The van der Waals surface area contributed by atoms with Crippen LogP contribution in [0.5, 0.6) is 0 Å². The van der Waals surface area contributed by atoms with Crippen molar-refractivity contribution in [3.8, 4) is 0 Å². The highest BCUT2D eigenvalue weighted by Gasteiger charge is 2.06. The Balaban J connectivity index is 2.06. The molecule has 0 spiro atoms. The number of hydrogen-bond acceptors (Lipinski definition) is 1. The molecule has 3 heteroatoms. The average Bonchev–Trinajstić information content (AvgIpc) is 2.77. The molecule has 0 atom stereocenters. The predicted molar refractivity (Wildman–Crippen MR) is 77.7 cm³/mol. The van der Waals surface area contributed by atoms with Gasteiger partial charge in [-0.15, -0.1) is 0 Å². The molecule has 18 heavy (non-hydrogen) atoms. The van der Waals surface area contributed by atoms with Crippen LogP contribution in [0.3, 0.4) is 0 Å². The molecule has 3 aromatic rings. The van der Waals surface area contributed by atoms with Crippen LogP contribution in [0.2, 0.25) is 0 Å². The number of aromatic nitrogens is 2. The Bertz CT molecular complexity index is 701. The van der Waals surface area contributed by atoms with Crippen molar-refractivity contribution in [2.45, 2.75) is 13.5 Å². The molecule has 2 heterocycles. The molecule has 0 N–H and O–H groups in total. The van der Waals surface area contributed by atoms with Gasteiger partial charge in [0.15, 0.2) is 0 Å². The Kier molecular flexibility index (Phi) is 2.92. The summed E-state index contributed by atoms with van der Waals surface area (Å²) < 4.78 is 3.37. The number of aryl methyl sites for hydroxylation is 1. The monoisotopic (exact) mass is 300 g/mol. The van der Waals surface area contributed by atoms with Crippen LogP contribution in [0.25, 0.3) is 10.9 Å². The van der Waals surface area contributed by atoms with E-state index in [1.54, 1.807) is 0 Å². The van der Waals surface area contributed by atoms with Gasteiger partial charge in [-0.05, 0) is 36.8 Å². The largest absolute Gasteiger partial charge is 0.341 e. The van der Waals surface area contributed by atoms with Crippen molar-refractivity contribution in [2.24, 2.45) is 0 Å². The van der Waals surface area contributed by atoms with Gasteiger partial charge in [0.05, 0.1) is 12.2 Å². The molecule has 2 aromatic heterocycles. The van der Waals surface area contributed by atoms with Crippen molar-refractivity contribution in [2.75, 3.05) is 0 Å². The van der Waals surface area contributed by atoms with Crippen molar-refractivity contribution in [1.29, 1.82) is 0 Å². The summed E-state index contributed by atoms with van der Waals surface area (Å²) in [7, 11) is 0. The molecule has 0 amide bonds. The minimum Gasteiger partial charge on any atom is -0.341 e. The van der Waals surface area contributed by atoms with E-state index in [1.807, 2.05) is 12.3 Å². The Labute approximate surface area is 114 Å². The number of hydrogen-bond donors (Lipinski definition) is 0. The minimum atomic E-state index is 0.812. The fraction of sp³-hybridized carbons (Fsp3) is 0.133. The van der Waals surface area contributed by atoms with Crippen LogP contribution >= 0.6 is 15.9 Å². The first kappa shape index (κ1) is 11.5. The zero-order valence-corrected chi connectivity index (χ0v) is 11.7. The second kappa shape index (κ2) is 4.58. The first-order chi connectivity index (χ1) is 8.75. The quantitative estimate of drug-likeness (QED) is 0.695. The van der Waals surface area contributed by atoms with E-state index in [9.17, 15) is 0 Å². The van der Waals surface area contributed by atoms with Crippen molar-refractivity contribution in [1.82, 2.24) is 9.55 Å². The minimum absolute atomic E-state index is 0.812. The molecular formula is C15H13BrN2. The number of halogens is 1. The molecule has 0 bridgehead atoms. The standard InChI is InChI=1S/C15H13BrN2/c1-11-4-3-8-17-14(11)10-18-9-7-12-13(16)5-2-6-15(12)18/h2-9H,10H2,1H3. The van der Waals surface area contributed by atoms with Crippen molar-refractivity contribution < 1.29 is 0 Å². The SMILES string of the molecule is Cc1cccnc1Cn1ccc2c(Br)cccc21. The highest BCUT2D eigenvalue weighted by molar-refractivity contribution is 9.10. The molecule has 0 unspecified atom stereocenters. The number of pyridine rings is 1. The maximum absolute atomic E-state index is 4.45. The average molecular weight is 301 g/mol. The Morgan fingerprint density at radius 1 is 1.17 bits per heavy atom. The van der Waals surface area contributed by atoms with Gasteiger partial charge in [0.1, 0.15) is 0 Å². The number of rotatable bonds is 2. The normalized spacial score (nSPS) is 11.0. The van der Waals surface area contributed by atoms with Crippen molar-refractivity contribution >= 4 is 26.8 Å². The Hall–Kier alpha value is -1.61. The van der Waals surface area contributed by atoms with Gasteiger partial charge in [0, 0.05) is 27.8 Å². The third-order valence-corrected chi connectivity index (χ3v) is 3.89. The van der Waals surface area contributed by atoms with Gasteiger partial charge in [-0.2, -0.15) is 0 Å². The van der Waals surface area contributed by atoms with Gasteiger partial charge in [0.25, 0.3) is 0 Å². The van der Waals surface area contributed by atoms with E-state index in [4.69, 9.17) is 0 Å². The second-order valence-corrected chi connectivity index (χ2v) is 5.24. The maximum Gasteiger partial charge on any atom is 0.0651 e. The zero-order chi connectivity index (χ0) is 12.5. The van der Waals surface area contributed by atoms with Crippen LogP contribution in [0.4, 0.5) is 0 Å². The Morgan fingerprint density at radius 3 is 2.89 bits per heavy atom. The molecule has 3 rings (SSSR count). The van der Waals surface area contributed by atoms with Gasteiger partial charge >= 0.3 is 0 Å². The van der Waals surface area contributed by atoms with Gasteiger partial charge in [0.2, 0.25) is 0 Å². The lowest BCUT2D eigenvalue weighted by atomic mass is 10.2. The molecule has 0 aliphatic carbocycles. The number of benzene rings is 1. The van der Waals surface area contributed by atoms with Crippen LogP contribution in [0, 0.1) is 6.92 Å². The van der Waals surface area contributed by atoms with Crippen molar-refractivity contribution in [3.05, 3.63) is 64.5 Å². The van der Waals surface area contributed by atoms with Crippen LogP contribution in [-0.2, 0) is 6.54 Å². The molecule has 0 saturated carbocycles. The lowest BCUT2D eigenvalue weighted by Crippen LogP contribution is -2.02. The molecule has 90 valence electrons. The third kappa shape index (κ3) is 1.95. The van der Waals surface area contributed by atoms with Crippen molar-refractivity contribution in [3.63, 3.8) is 0 Å². The fourth-order valence-corrected chi connectivity index (χ4v) is 2.66. The molecule has 0 saturated heterocycles. The summed E-state index contributed by atoms with van der Waals surface area (Å²) in [6, 6.07) is 12.5. The first-order valence-electron chi connectivity index (χ1n) is 5.89. The van der Waals surface area contributed by atoms with E-state index in [0.717, 1.165) is 16.7 Å². The van der Waals surface area contributed by atoms with E-state index in [-0.39, 0.29) is 0 Å². The van der Waals surface area contributed by atoms with E-state index in [1.165, 1.54) is 16.5 Å². The third-order valence-electron chi connectivity index (χ3n) is 3.20. The second-order valence-electron chi connectivity index (χ2n) is 4.38. The van der Waals surface area contributed by atoms with E-state index in [0.29, 0.717) is 0 Å². The number of fused-ring (bicyclic) bond motifs is 1. The highest BCUT2D eigenvalue weighted by atomic mass is 79.9. The van der Waals surface area contributed by atoms with Crippen LogP contribution in [0.15, 0.2) is 53.3 Å². The summed E-state index contributed by atoms with van der Waals surface area (Å²) >= 11 is 3.58. The predicted octanol–water partition coefficient (Wildman–Crippen LogP) is 4.16. The van der Waals surface area contributed by atoms with Gasteiger partial charge in [-0.1, -0.05) is 28.1 Å². The maximum atomic E-state index is 4.45. The van der Waals surface area contributed by atoms with Crippen LogP contribution in [-0.4, -0.2) is 9.55 Å². The molecule has 0 aliphatic heterocycles. The molecular weight excluding hydrogens is 288 g/mol. The summed E-state index contributed by atoms with van der Waals surface area (Å²) in [5.41, 5.74) is 3.58. The molecule has 0 radical (unpaired) electrons. The smallest absolute Gasteiger partial charge is 0.0651 e. The molecule has 0 fully saturated rings. The lowest BCUT2D eigenvalue weighted by molar-refractivity contribution is 0.799. The zero-order valence-electron chi connectivity index (χ0n) is 10.1. The number of nitrogens with zero attached hydrogens (tertiary/aromatic N) is 2. The van der Waals surface area contributed by atoms with Crippen LogP contribution < -0.4 is 0 Å². The highest BCUT2D eigenvalue weighted by Crippen LogP contribution is 2.25. The Morgan fingerprint density at radius 2 is 2.06 bits per heavy atom. The van der Waals surface area contributed by atoms with E-state index < -0.39 is 0 Å². The summed E-state index contributed by atoms with van der Waals surface area (Å²) in [5.74, 6) is 0. The molecule has 2 nitrogen and oxygen atoms in total. The van der Waals surface area contributed by atoms with Gasteiger partial charge in [-0.25, -0.2) is 0 Å². The topological polar surface area (TPSA) is 17.8 Å². The summed E-state index contributed by atoms with van der Waals surface area (Å²) in [6.45, 7) is 2.91. The van der Waals surface area contributed by atoms with E-state index in [2.05, 4.69) is 68.9 Å². The fourth-order valence-electron chi connectivity index (χ4n) is 2.17. The van der Waals surface area contributed by atoms with Gasteiger partial charge in [-0.3, -0.25) is 4.98 Å². The molecule has 0 aliphatic rings. The van der Waals surface area contributed by atoms with Crippen LogP contribution in [0.1, 0.15) is 11.3 Å². The summed E-state index contributed by atoms with van der Waals surface area (Å²) in [5, 5.41) is 1.24. The summed E-state index contributed by atoms with van der Waals surface area (Å²) in [4.78, 5) is 4.45. The van der Waals surface area contributed by atoms with E-state index >= 15 is 0 Å². The first-order valence-corrected chi connectivity index (χ1v) is 6.69. The summed E-state index contributed by atoms with van der Waals surface area (Å²) in [6.07, 6.45) is 3.97.